The number of aromatic nitrogens is 5. The fourth-order valence-corrected chi connectivity index (χ4v) is 3.69. The third-order valence-corrected chi connectivity index (χ3v) is 5.59. The zero-order valence-electron chi connectivity index (χ0n) is 19.8. The molecule has 2 atom stereocenters. The number of hydrogen-bond acceptors (Lipinski definition) is 9. The zero-order chi connectivity index (χ0) is 27.1. The third kappa shape index (κ3) is 4.97. The van der Waals surface area contributed by atoms with Crippen molar-refractivity contribution in [1.29, 1.82) is 0 Å². The number of imidazole rings is 1. The van der Waals surface area contributed by atoms with Gasteiger partial charge in [-0.1, -0.05) is 6.07 Å². The lowest BCUT2D eigenvalue weighted by atomic mass is 10.2. The van der Waals surface area contributed by atoms with Crippen LogP contribution in [0.4, 0.5) is 24.8 Å². The van der Waals surface area contributed by atoms with Crippen molar-refractivity contribution in [2.24, 2.45) is 0 Å². The van der Waals surface area contributed by atoms with Gasteiger partial charge >= 0.3 is 6.18 Å². The Kier molecular flexibility index (Phi) is 6.64. The molecule has 0 saturated heterocycles. The fraction of sp³-hybridized carbons (Fsp3) is 0.318. The summed E-state index contributed by atoms with van der Waals surface area (Å²) >= 11 is 0. The number of nitrogens with zero attached hydrogens (tertiary/aromatic N) is 7. The van der Waals surface area contributed by atoms with E-state index in [2.05, 4.69) is 25.3 Å². The normalized spacial score (nSPS) is 16.4. The van der Waals surface area contributed by atoms with Gasteiger partial charge < -0.3 is 19.9 Å². The summed E-state index contributed by atoms with van der Waals surface area (Å²) in [5, 5.41) is 13.0. The summed E-state index contributed by atoms with van der Waals surface area (Å²) in [5.41, 5.74) is 0.448. The van der Waals surface area contributed by atoms with Crippen molar-refractivity contribution in [3.8, 4) is 11.3 Å². The van der Waals surface area contributed by atoms with Crippen molar-refractivity contribution in [1.82, 2.24) is 29.4 Å². The number of alkyl halides is 3. The van der Waals surface area contributed by atoms with E-state index < -0.39 is 36.2 Å². The number of rotatable bonds is 6. The number of anilines is 2. The summed E-state index contributed by atoms with van der Waals surface area (Å²) in [6.07, 6.45) is -2.85. The Labute approximate surface area is 207 Å². The van der Waals surface area contributed by atoms with Gasteiger partial charge in [-0.2, -0.15) is 13.2 Å². The Hall–Kier alpha value is -4.40. The standard InChI is InChI=1S/C22H21F3N8O4/c1-11(34)9-32-19(36)16-17(31(3)21(32)37)28-10-33(16)12(2)18(35)30-15-6-4-5-14(29-15)13-7-26-20(27-8-13)22(23,24)25/h4-8,10,12,21,37H,9H2,1-3H3,(H,29,30,35)/t12-,21?/m0/s1. The van der Waals surface area contributed by atoms with Crippen molar-refractivity contribution < 1.29 is 32.7 Å². The minimum absolute atomic E-state index is 0.0142. The fourth-order valence-electron chi connectivity index (χ4n) is 3.69. The number of nitrogens with one attached hydrogen (secondary N) is 1. The van der Waals surface area contributed by atoms with Crippen molar-refractivity contribution >= 4 is 29.2 Å². The van der Waals surface area contributed by atoms with Crippen LogP contribution in [0.15, 0.2) is 36.9 Å². The second-order valence-corrected chi connectivity index (χ2v) is 8.28. The molecule has 0 fully saturated rings. The molecule has 0 aliphatic carbocycles. The van der Waals surface area contributed by atoms with Crippen LogP contribution in [0.5, 0.6) is 0 Å². The number of fused-ring (bicyclic) bond motifs is 1. The Morgan fingerprint density at radius 1 is 1.19 bits per heavy atom. The summed E-state index contributed by atoms with van der Waals surface area (Å²) in [5.74, 6) is -2.64. The van der Waals surface area contributed by atoms with Gasteiger partial charge in [-0.05, 0) is 26.0 Å². The van der Waals surface area contributed by atoms with Gasteiger partial charge in [0.25, 0.3) is 5.91 Å². The molecule has 3 aromatic rings. The number of pyridine rings is 1. The summed E-state index contributed by atoms with van der Waals surface area (Å²) in [6.45, 7) is 2.46. The molecule has 2 amide bonds. The van der Waals surface area contributed by atoms with Crippen molar-refractivity contribution in [2.45, 2.75) is 32.4 Å². The Balaban J connectivity index is 1.55. The first kappa shape index (κ1) is 25.7. The lowest BCUT2D eigenvalue weighted by Crippen LogP contribution is -2.55. The van der Waals surface area contributed by atoms with Crippen LogP contribution >= 0.6 is 0 Å². The summed E-state index contributed by atoms with van der Waals surface area (Å²) < 4.78 is 39.5. The molecule has 194 valence electrons. The van der Waals surface area contributed by atoms with E-state index in [4.69, 9.17) is 0 Å². The largest absolute Gasteiger partial charge is 0.451 e. The van der Waals surface area contributed by atoms with Crippen LogP contribution in [-0.4, -0.2) is 72.1 Å². The smallest absolute Gasteiger partial charge is 0.356 e. The number of amides is 2. The SMILES string of the molecule is CC(=O)CN1C(=O)c2c(ncn2[C@@H](C)C(=O)Nc2cccc(-c3cnc(C(F)(F)F)nc3)n2)N(C)C1O. The maximum atomic E-state index is 13.1. The Bertz CT molecular complexity index is 1360. The molecular formula is C22H21F3N8O4. The number of hydrogen-bond donors (Lipinski definition) is 2. The highest BCUT2D eigenvalue weighted by Crippen LogP contribution is 2.30. The number of carbonyl (C=O) groups excluding carboxylic acids is 3. The monoisotopic (exact) mass is 518 g/mol. The third-order valence-electron chi connectivity index (χ3n) is 5.59. The second-order valence-electron chi connectivity index (χ2n) is 8.28. The van der Waals surface area contributed by atoms with Gasteiger partial charge in [0, 0.05) is 25.0 Å². The van der Waals surface area contributed by atoms with Crippen LogP contribution in [0, 0.1) is 0 Å². The van der Waals surface area contributed by atoms with Gasteiger partial charge in [-0.15, -0.1) is 0 Å². The number of ketones is 1. The molecule has 1 unspecified atom stereocenters. The van der Waals surface area contributed by atoms with Gasteiger partial charge in [-0.25, -0.2) is 19.9 Å². The van der Waals surface area contributed by atoms with E-state index in [9.17, 15) is 32.7 Å². The topological polar surface area (TPSA) is 146 Å². The Morgan fingerprint density at radius 2 is 1.86 bits per heavy atom. The van der Waals surface area contributed by atoms with Crippen LogP contribution in [0.2, 0.25) is 0 Å². The molecule has 12 nitrogen and oxygen atoms in total. The van der Waals surface area contributed by atoms with Gasteiger partial charge in [-0.3, -0.25) is 19.3 Å². The minimum atomic E-state index is -4.68. The molecule has 2 N–H and O–H groups in total. The van der Waals surface area contributed by atoms with E-state index in [0.29, 0.717) is 0 Å². The van der Waals surface area contributed by atoms with Gasteiger partial charge in [0.15, 0.2) is 11.5 Å². The molecule has 4 rings (SSSR count). The summed E-state index contributed by atoms with van der Waals surface area (Å²) in [4.78, 5) is 55.0. The number of Topliss-reactive ketones (excluding diaryl/α,β-unsaturated/α-hetero) is 1. The lowest BCUT2D eigenvalue weighted by Gasteiger charge is -2.38. The number of carbonyl (C=O) groups is 3. The summed E-state index contributed by atoms with van der Waals surface area (Å²) in [7, 11) is 1.49. The van der Waals surface area contributed by atoms with E-state index in [1.54, 1.807) is 6.07 Å². The highest BCUT2D eigenvalue weighted by molar-refractivity contribution is 6.02. The molecule has 37 heavy (non-hydrogen) atoms. The van der Waals surface area contributed by atoms with Crippen LogP contribution < -0.4 is 10.2 Å². The molecule has 4 heterocycles. The number of aliphatic hydroxyl groups excluding tert-OH is 1. The van der Waals surface area contributed by atoms with Gasteiger partial charge in [0.2, 0.25) is 18.1 Å². The maximum absolute atomic E-state index is 13.1. The Morgan fingerprint density at radius 3 is 2.49 bits per heavy atom. The van der Waals surface area contributed by atoms with E-state index in [0.717, 1.165) is 17.3 Å². The molecular weight excluding hydrogens is 497 g/mol. The first-order valence-corrected chi connectivity index (χ1v) is 10.8. The molecule has 0 saturated carbocycles. The van der Waals surface area contributed by atoms with Crippen molar-refractivity contribution in [3.05, 3.63) is 48.4 Å². The molecule has 1 aliphatic heterocycles. The van der Waals surface area contributed by atoms with Crippen LogP contribution in [0.3, 0.4) is 0 Å². The quantitative estimate of drug-likeness (QED) is 0.498. The molecule has 0 spiro atoms. The van der Waals surface area contributed by atoms with Crippen molar-refractivity contribution in [3.63, 3.8) is 0 Å². The first-order chi connectivity index (χ1) is 17.4. The molecule has 0 aromatic carbocycles. The predicted octanol–water partition coefficient (Wildman–Crippen LogP) is 1.71. The van der Waals surface area contributed by atoms with Gasteiger partial charge in [0.05, 0.1) is 18.6 Å². The zero-order valence-corrected chi connectivity index (χ0v) is 19.8. The molecule has 15 heteroatoms. The van der Waals surface area contributed by atoms with Crippen LogP contribution in [-0.2, 0) is 15.8 Å². The predicted molar refractivity (Wildman–Crippen MR) is 122 cm³/mol. The lowest BCUT2D eigenvalue weighted by molar-refractivity contribution is -0.145. The summed E-state index contributed by atoms with van der Waals surface area (Å²) in [6, 6.07) is 3.56. The highest BCUT2D eigenvalue weighted by atomic mass is 19.4. The second kappa shape index (κ2) is 9.57. The van der Waals surface area contributed by atoms with Crippen LogP contribution in [0.1, 0.15) is 36.2 Å². The molecule has 0 bridgehead atoms. The average Bonchev–Trinajstić information content (AvgIpc) is 3.30. The van der Waals surface area contributed by atoms with E-state index in [1.807, 2.05) is 0 Å². The molecule has 1 aliphatic rings. The number of aliphatic hydroxyl groups is 1. The minimum Gasteiger partial charge on any atom is -0.356 e. The first-order valence-electron chi connectivity index (χ1n) is 10.8. The maximum Gasteiger partial charge on any atom is 0.451 e. The van der Waals surface area contributed by atoms with Gasteiger partial charge in [0.1, 0.15) is 17.6 Å². The van der Waals surface area contributed by atoms with Crippen LogP contribution in [0.25, 0.3) is 11.3 Å². The number of halogens is 3. The average molecular weight is 518 g/mol. The van der Waals surface area contributed by atoms with Crippen molar-refractivity contribution in [2.75, 3.05) is 23.8 Å². The van der Waals surface area contributed by atoms with E-state index in [1.165, 1.54) is 48.8 Å². The molecule has 0 radical (unpaired) electrons. The molecule has 3 aromatic heterocycles. The van der Waals surface area contributed by atoms with E-state index >= 15 is 0 Å². The van der Waals surface area contributed by atoms with E-state index in [-0.39, 0.29) is 40.9 Å². The highest BCUT2D eigenvalue weighted by Gasteiger charge is 2.40.